The maximum absolute atomic E-state index is 12.3. The monoisotopic (exact) mass is 399 g/mol. The first-order valence-electron chi connectivity index (χ1n) is 8.76. The van der Waals surface area contributed by atoms with Gasteiger partial charge in [0.15, 0.2) is 11.8 Å². The molecule has 0 aliphatic rings. The van der Waals surface area contributed by atoms with E-state index in [2.05, 4.69) is 15.3 Å². The molecule has 0 radical (unpaired) electrons. The number of ether oxygens (including phenoxy) is 1. The van der Waals surface area contributed by atoms with Gasteiger partial charge in [-0.15, -0.1) is 10.2 Å². The van der Waals surface area contributed by atoms with Crippen LogP contribution in [0.2, 0.25) is 0 Å². The van der Waals surface area contributed by atoms with E-state index in [1.807, 2.05) is 6.92 Å². The van der Waals surface area contributed by atoms with Crippen molar-refractivity contribution in [1.29, 1.82) is 0 Å². The Hall–Kier alpha value is -3.89. The molecule has 0 N–H and O–H groups in total. The van der Waals surface area contributed by atoms with Gasteiger partial charge in [0, 0.05) is 30.3 Å². The Morgan fingerprint density at radius 1 is 1.24 bits per heavy atom. The highest BCUT2D eigenvalue weighted by Crippen LogP contribution is 2.24. The van der Waals surface area contributed by atoms with Gasteiger partial charge in [-0.1, -0.05) is 6.92 Å². The molecule has 3 rings (SSSR count). The fourth-order valence-electron chi connectivity index (χ4n) is 2.44. The van der Waals surface area contributed by atoms with Crippen molar-refractivity contribution in [1.82, 2.24) is 20.0 Å². The average molecular weight is 399 g/mol. The highest BCUT2D eigenvalue weighted by Gasteiger charge is 2.21. The number of nitrogens with zero attached hydrogens (tertiary/aromatic N) is 5. The van der Waals surface area contributed by atoms with Crippen molar-refractivity contribution >= 4 is 11.7 Å². The lowest BCUT2D eigenvalue weighted by atomic mass is 10.2. The van der Waals surface area contributed by atoms with E-state index >= 15 is 0 Å². The van der Waals surface area contributed by atoms with Gasteiger partial charge in [-0.2, -0.15) is 5.10 Å². The van der Waals surface area contributed by atoms with Gasteiger partial charge in [0.2, 0.25) is 5.89 Å². The van der Waals surface area contributed by atoms with Crippen molar-refractivity contribution in [2.24, 2.45) is 0 Å². The molecular weight excluding hydrogens is 382 g/mol. The third-order valence-electron chi connectivity index (χ3n) is 3.91. The van der Waals surface area contributed by atoms with Crippen LogP contribution in [-0.2, 0) is 11.3 Å². The van der Waals surface area contributed by atoms with E-state index in [1.165, 1.54) is 41.1 Å². The molecule has 0 aliphatic carbocycles. The Balaban J connectivity index is 1.72. The molecule has 0 saturated heterocycles. The molecule has 2 heterocycles. The van der Waals surface area contributed by atoms with E-state index in [9.17, 15) is 19.7 Å². The summed E-state index contributed by atoms with van der Waals surface area (Å²) in [6.45, 7) is 3.82. The number of hydrogen-bond acceptors (Lipinski definition) is 9. The van der Waals surface area contributed by atoms with Crippen LogP contribution in [0.25, 0.3) is 11.5 Å². The summed E-state index contributed by atoms with van der Waals surface area (Å²) in [5.41, 5.74) is 0.106. The number of benzene rings is 1. The van der Waals surface area contributed by atoms with Crippen molar-refractivity contribution in [3.63, 3.8) is 0 Å². The SMILES string of the molecule is CCCn1nc(C(=O)OC(C)c2nnc(-c3ccc([N+](=O)[O-])cc3)o2)ccc1=O. The first-order valence-corrected chi connectivity index (χ1v) is 8.76. The number of hydrogen-bond donors (Lipinski definition) is 0. The number of aryl methyl sites for hydroxylation is 1. The van der Waals surface area contributed by atoms with Crippen molar-refractivity contribution < 1.29 is 18.9 Å². The third-order valence-corrected chi connectivity index (χ3v) is 3.91. The van der Waals surface area contributed by atoms with Gasteiger partial charge in [-0.05, 0) is 31.5 Å². The topological polar surface area (TPSA) is 143 Å². The maximum atomic E-state index is 12.3. The van der Waals surface area contributed by atoms with Crippen LogP contribution < -0.4 is 5.56 Å². The summed E-state index contributed by atoms with van der Waals surface area (Å²) in [5.74, 6) is -0.557. The predicted molar refractivity (Wildman–Crippen MR) is 99.0 cm³/mol. The van der Waals surface area contributed by atoms with Crippen LogP contribution in [0.3, 0.4) is 0 Å². The molecule has 2 aromatic heterocycles. The number of esters is 1. The fourth-order valence-corrected chi connectivity index (χ4v) is 2.44. The minimum absolute atomic E-state index is 0.0139. The predicted octanol–water partition coefficient (Wildman–Crippen LogP) is 2.53. The highest BCUT2D eigenvalue weighted by atomic mass is 16.6. The molecular formula is C18H17N5O6. The van der Waals surface area contributed by atoms with Crippen LogP contribution >= 0.6 is 0 Å². The molecule has 150 valence electrons. The first kappa shape index (κ1) is 19.9. The molecule has 0 spiro atoms. The summed E-state index contributed by atoms with van der Waals surface area (Å²) < 4.78 is 12.0. The molecule has 11 heteroatoms. The summed E-state index contributed by atoms with van der Waals surface area (Å²) >= 11 is 0. The van der Waals surface area contributed by atoms with E-state index in [0.29, 0.717) is 18.5 Å². The largest absolute Gasteiger partial charge is 0.448 e. The average Bonchev–Trinajstić information content (AvgIpc) is 3.20. The van der Waals surface area contributed by atoms with Gasteiger partial charge in [0.05, 0.1) is 4.92 Å². The molecule has 3 aromatic rings. The van der Waals surface area contributed by atoms with Crippen LogP contribution in [0.4, 0.5) is 5.69 Å². The fraction of sp³-hybridized carbons (Fsp3) is 0.278. The Morgan fingerprint density at radius 2 is 1.97 bits per heavy atom. The molecule has 0 saturated carbocycles. The standard InChI is InChI=1S/C18H17N5O6/c1-3-10-22-15(24)9-8-14(21-22)18(25)28-11(2)16-19-20-17(29-16)12-4-6-13(7-5-12)23(26)27/h4-9,11H,3,10H2,1-2H3. The Morgan fingerprint density at radius 3 is 2.62 bits per heavy atom. The summed E-state index contributed by atoms with van der Waals surface area (Å²) in [7, 11) is 0. The van der Waals surface area contributed by atoms with E-state index in [0.717, 1.165) is 0 Å². The van der Waals surface area contributed by atoms with Crippen LogP contribution in [0.1, 0.15) is 42.8 Å². The minimum Gasteiger partial charge on any atom is -0.448 e. The maximum Gasteiger partial charge on any atom is 0.359 e. The van der Waals surface area contributed by atoms with Crippen LogP contribution in [0, 0.1) is 10.1 Å². The summed E-state index contributed by atoms with van der Waals surface area (Å²) in [4.78, 5) is 34.2. The van der Waals surface area contributed by atoms with E-state index in [4.69, 9.17) is 9.15 Å². The molecule has 1 unspecified atom stereocenters. The van der Waals surface area contributed by atoms with Gasteiger partial charge >= 0.3 is 5.97 Å². The smallest absolute Gasteiger partial charge is 0.359 e. The highest BCUT2D eigenvalue weighted by molar-refractivity contribution is 5.87. The zero-order chi connectivity index (χ0) is 21.0. The Labute approximate surface area is 164 Å². The minimum atomic E-state index is -0.866. The molecule has 11 nitrogen and oxygen atoms in total. The number of aromatic nitrogens is 4. The first-order chi connectivity index (χ1) is 13.9. The number of carbonyl (C=O) groups excluding carboxylic acids is 1. The molecule has 0 aliphatic heterocycles. The van der Waals surface area contributed by atoms with Gasteiger partial charge < -0.3 is 9.15 Å². The molecule has 29 heavy (non-hydrogen) atoms. The lowest BCUT2D eigenvalue weighted by molar-refractivity contribution is -0.384. The number of non-ortho nitro benzene ring substituents is 1. The number of nitro groups is 1. The lowest BCUT2D eigenvalue weighted by Gasteiger charge is -2.10. The Bertz CT molecular complexity index is 1090. The number of carbonyl (C=O) groups is 1. The second-order valence-corrected chi connectivity index (χ2v) is 6.08. The molecule has 0 amide bonds. The van der Waals surface area contributed by atoms with Crippen molar-refractivity contribution in [3.05, 3.63) is 68.5 Å². The van der Waals surface area contributed by atoms with Crippen LogP contribution in [0.5, 0.6) is 0 Å². The molecule has 0 fully saturated rings. The zero-order valence-electron chi connectivity index (χ0n) is 15.6. The second kappa shape index (κ2) is 8.42. The van der Waals surface area contributed by atoms with Gasteiger partial charge in [0.1, 0.15) is 0 Å². The van der Waals surface area contributed by atoms with Crippen molar-refractivity contribution in [2.45, 2.75) is 32.9 Å². The van der Waals surface area contributed by atoms with E-state index in [-0.39, 0.29) is 28.7 Å². The number of rotatable bonds is 7. The summed E-state index contributed by atoms with van der Waals surface area (Å²) in [6, 6.07) is 8.14. The van der Waals surface area contributed by atoms with Crippen molar-refractivity contribution in [2.75, 3.05) is 0 Å². The summed E-state index contributed by atoms with van der Waals surface area (Å²) in [5, 5.41) is 22.4. The normalized spacial score (nSPS) is 11.8. The zero-order valence-corrected chi connectivity index (χ0v) is 15.6. The molecule has 0 bridgehead atoms. The summed E-state index contributed by atoms with van der Waals surface area (Å²) in [6.07, 6.45) is -0.176. The number of nitro benzene ring substituents is 1. The van der Waals surface area contributed by atoms with Crippen LogP contribution in [0.15, 0.2) is 45.6 Å². The molecule has 1 atom stereocenters. The molecule has 1 aromatic carbocycles. The van der Waals surface area contributed by atoms with E-state index in [1.54, 1.807) is 6.92 Å². The third kappa shape index (κ3) is 4.51. The van der Waals surface area contributed by atoms with Crippen LogP contribution in [-0.4, -0.2) is 30.9 Å². The van der Waals surface area contributed by atoms with Crippen molar-refractivity contribution in [3.8, 4) is 11.5 Å². The quantitative estimate of drug-likeness (QED) is 0.332. The van der Waals surface area contributed by atoms with E-state index < -0.39 is 17.0 Å². The van der Waals surface area contributed by atoms with Gasteiger partial charge in [0.25, 0.3) is 17.1 Å². The second-order valence-electron chi connectivity index (χ2n) is 6.08. The van der Waals surface area contributed by atoms with Gasteiger partial charge in [-0.3, -0.25) is 14.9 Å². The lowest BCUT2D eigenvalue weighted by Crippen LogP contribution is -2.25. The van der Waals surface area contributed by atoms with Gasteiger partial charge in [-0.25, -0.2) is 9.48 Å². The Kier molecular flexibility index (Phi) is 5.77.